The molecule has 0 saturated carbocycles. The molecule has 1 aromatic rings. The molecule has 0 amide bonds. The van der Waals surface area contributed by atoms with Crippen LogP contribution in [0, 0.1) is 6.92 Å². The standard InChI is InChI=1S/C12H16Si.Na.H/c1-9-4-5-10-6-7-12(13(2)3)11(10)8-9;;/h4-8,12-13H,1-3H3;;. The van der Waals surface area contributed by atoms with Crippen molar-refractivity contribution in [3.63, 3.8) is 0 Å². The van der Waals surface area contributed by atoms with Crippen LogP contribution in [0.4, 0.5) is 0 Å². The number of allylic oxidation sites excluding steroid dienone is 1. The second-order valence-electron chi connectivity index (χ2n) is 4.26. The summed E-state index contributed by atoms with van der Waals surface area (Å²) >= 11 is 0. The molecule has 0 spiro atoms. The van der Waals surface area contributed by atoms with Crippen molar-refractivity contribution in [3.05, 3.63) is 41.0 Å². The zero-order chi connectivity index (χ0) is 9.42. The summed E-state index contributed by atoms with van der Waals surface area (Å²) in [5.74, 6) is 0. The molecule has 1 atom stereocenters. The monoisotopic (exact) mass is 212 g/mol. The van der Waals surface area contributed by atoms with Crippen LogP contribution < -0.4 is 0 Å². The van der Waals surface area contributed by atoms with Gasteiger partial charge >= 0.3 is 29.6 Å². The van der Waals surface area contributed by atoms with Gasteiger partial charge in [0.25, 0.3) is 0 Å². The molecular weight excluding hydrogens is 195 g/mol. The average molecular weight is 212 g/mol. The van der Waals surface area contributed by atoms with Gasteiger partial charge in [0.15, 0.2) is 0 Å². The Bertz CT molecular complexity index is 355. The molecule has 0 aromatic heterocycles. The summed E-state index contributed by atoms with van der Waals surface area (Å²) in [7, 11) is -0.567. The van der Waals surface area contributed by atoms with Crippen LogP contribution in [-0.4, -0.2) is 38.4 Å². The van der Waals surface area contributed by atoms with Crippen molar-refractivity contribution in [1.82, 2.24) is 0 Å². The normalized spacial score (nSPS) is 18.1. The molecule has 0 heterocycles. The Kier molecular flexibility index (Phi) is 4.20. The SMILES string of the molecule is Cc1ccc2c(c1)C([SiH](C)C)C=C2.[NaH]. The van der Waals surface area contributed by atoms with Crippen LogP contribution in [0.3, 0.4) is 0 Å². The number of fused-ring (bicyclic) bond motifs is 1. The maximum atomic E-state index is 2.42. The van der Waals surface area contributed by atoms with E-state index in [0.717, 1.165) is 5.54 Å². The summed E-state index contributed by atoms with van der Waals surface area (Å²) in [4.78, 5) is 0. The van der Waals surface area contributed by atoms with E-state index >= 15 is 0 Å². The predicted molar refractivity (Wildman–Crippen MR) is 69.0 cm³/mol. The Balaban J connectivity index is 0.000000980. The van der Waals surface area contributed by atoms with E-state index in [-0.39, 0.29) is 29.6 Å². The van der Waals surface area contributed by atoms with E-state index in [4.69, 9.17) is 0 Å². The minimum absolute atomic E-state index is 0. The van der Waals surface area contributed by atoms with E-state index in [1.165, 1.54) is 11.1 Å². The zero-order valence-corrected chi connectivity index (χ0v) is 9.70. The van der Waals surface area contributed by atoms with E-state index in [0.29, 0.717) is 0 Å². The first kappa shape index (κ1) is 12.2. The van der Waals surface area contributed by atoms with Gasteiger partial charge < -0.3 is 0 Å². The predicted octanol–water partition coefficient (Wildman–Crippen LogP) is 2.48. The molecule has 0 radical (unpaired) electrons. The van der Waals surface area contributed by atoms with E-state index in [9.17, 15) is 0 Å². The zero-order valence-electron chi connectivity index (χ0n) is 8.54. The second-order valence-corrected chi connectivity index (χ2v) is 7.47. The number of benzene rings is 1. The fourth-order valence-corrected chi connectivity index (χ4v) is 3.59. The van der Waals surface area contributed by atoms with Crippen LogP contribution in [0.25, 0.3) is 6.08 Å². The molecule has 2 rings (SSSR count). The van der Waals surface area contributed by atoms with Gasteiger partial charge in [0, 0.05) is 8.80 Å². The Morgan fingerprint density at radius 1 is 1.21 bits per heavy atom. The van der Waals surface area contributed by atoms with Crippen molar-refractivity contribution < 1.29 is 0 Å². The topological polar surface area (TPSA) is 0 Å². The molecular formula is C12H17NaSi. The number of aryl methyl sites for hydroxylation is 1. The third kappa shape index (κ3) is 2.22. The van der Waals surface area contributed by atoms with Crippen molar-refractivity contribution >= 4 is 44.4 Å². The molecule has 2 heteroatoms. The molecule has 0 fully saturated rings. The summed E-state index contributed by atoms with van der Waals surface area (Å²) < 4.78 is 0. The van der Waals surface area contributed by atoms with Crippen molar-refractivity contribution in [2.45, 2.75) is 25.6 Å². The van der Waals surface area contributed by atoms with E-state index in [1.54, 1.807) is 5.56 Å². The molecule has 0 aliphatic heterocycles. The fraction of sp³-hybridized carbons (Fsp3) is 0.333. The summed E-state index contributed by atoms with van der Waals surface area (Å²) in [6.45, 7) is 7.02. The molecule has 14 heavy (non-hydrogen) atoms. The van der Waals surface area contributed by atoms with Gasteiger partial charge in [-0.15, -0.1) is 0 Å². The molecule has 0 nitrogen and oxygen atoms in total. The van der Waals surface area contributed by atoms with Crippen molar-refractivity contribution in [1.29, 1.82) is 0 Å². The summed E-state index contributed by atoms with van der Waals surface area (Å²) in [5, 5.41) is 0. The first-order valence-electron chi connectivity index (χ1n) is 4.97. The van der Waals surface area contributed by atoms with Crippen molar-refractivity contribution in [3.8, 4) is 0 Å². The van der Waals surface area contributed by atoms with Gasteiger partial charge in [-0.1, -0.05) is 49.0 Å². The van der Waals surface area contributed by atoms with Gasteiger partial charge in [0.2, 0.25) is 0 Å². The van der Waals surface area contributed by atoms with E-state index < -0.39 is 8.80 Å². The Morgan fingerprint density at radius 3 is 2.57 bits per heavy atom. The second kappa shape index (κ2) is 4.80. The average Bonchev–Trinajstić information content (AvgIpc) is 2.46. The number of hydrogen-bond acceptors (Lipinski definition) is 0. The Hall–Kier alpha value is 0.177. The van der Waals surface area contributed by atoms with Crippen LogP contribution in [0.5, 0.6) is 0 Å². The minimum atomic E-state index is -0.567. The van der Waals surface area contributed by atoms with Crippen LogP contribution in [0.15, 0.2) is 24.3 Å². The quantitative estimate of drug-likeness (QED) is 0.627. The Morgan fingerprint density at radius 2 is 1.93 bits per heavy atom. The van der Waals surface area contributed by atoms with Gasteiger partial charge in [-0.2, -0.15) is 0 Å². The van der Waals surface area contributed by atoms with Gasteiger partial charge in [0.05, 0.1) is 0 Å². The summed E-state index contributed by atoms with van der Waals surface area (Å²) in [6, 6.07) is 6.80. The van der Waals surface area contributed by atoms with Crippen LogP contribution in [0.1, 0.15) is 22.2 Å². The molecule has 1 aliphatic carbocycles. The number of rotatable bonds is 1. The van der Waals surface area contributed by atoms with E-state index in [2.05, 4.69) is 50.4 Å². The van der Waals surface area contributed by atoms with Gasteiger partial charge in [-0.25, -0.2) is 0 Å². The fourth-order valence-electron chi connectivity index (χ4n) is 2.03. The maximum absolute atomic E-state index is 2.42. The molecule has 1 aliphatic rings. The van der Waals surface area contributed by atoms with E-state index in [1.807, 2.05) is 0 Å². The van der Waals surface area contributed by atoms with Gasteiger partial charge in [0.1, 0.15) is 0 Å². The van der Waals surface area contributed by atoms with Gasteiger partial charge in [-0.3, -0.25) is 0 Å². The number of hydrogen-bond donors (Lipinski definition) is 0. The first-order chi connectivity index (χ1) is 6.18. The van der Waals surface area contributed by atoms with Crippen LogP contribution in [-0.2, 0) is 0 Å². The van der Waals surface area contributed by atoms with Gasteiger partial charge in [-0.05, 0) is 23.6 Å². The molecule has 0 bridgehead atoms. The van der Waals surface area contributed by atoms with Crippen molar-refractivity contribution in [2.75, 3.05) is 0 Å². The summed E-state index contributed by atoms with van der Waals surface area (Å²) in [5.41, 5.74) is 5.18. The molecule has 0 N–H and O–H groups in total. The molecule has 1 unspecified atom stereocenters. The summed E-state index contributed by atoms with van der Waals surface area (Å²) in [6.07, 6.45) is 4.67. The third-order valence-corrected chi connectivity index (χ3v) is 4.82. The van der Waals surface area contributed by atoms with Crippen molar-refractivity contribution in [2.24, 2.45) is 0 Å². The molecule has 0 saturated heterocycles. The van der Waals surface area contributed by atoms with Crippen LogP contribution >= 0.6 is 0 Å². The Labute approximate surface area is 110 Å². The molecule has 1 aromatic carbocycles. The third-order valence-electron chi connectivity index (χ3n) is 2.80. The first-order valence-corrected chi connectivity index (χ1v) is 7.95. The molecule has 70 valence electrons. The van der Waals surface area contributed by atoms with Crippen LogP contribution in [0.2, 0.25) is 13.1 Å².